The van der Waals surface area contributed by atoms with Gasteiger partial charge in [-0.25, -0.2) is 0 Å². The molecule has 2 rings (SSSR count). The molecule has 2 N–H and O–H groups in total. The summed E-state index contributed by atoms with van der Waals surface area (Å²) in [6, 6.07) is 16.7. The molecule has 0 radical (unpaired) electrons. The molecule has 0 spiro atoms. The standard InChI is InChI=1S/C20H27N3OS/c1-5-15-6-8-16(9-7-15)19(23(2)3)14-21-20(25)22-17-10-12-18(24-4)13-11-17/h6-13,19H,5,14H2,1-4H3,(H2,21,22,25)/t19-/m0/s1. The van der Waals surface area contributed by atoms with Gasteiger partial charge in [0.05, 0.1) is 13.2 Å². The molecule has 5 heteroatoms. The van der Waals surface area contributed by atoms with E-state index in [-0.39, 0.29) is 6.04 Å². The highest BCUT2D eigenvalue weighted by Gasteiger charge is 2.14. The number of aryl methyl sites for hydroxylation is 1. The summed E-state index contributed by atoms with van der Waals surface area (Å²) in [5, 5.41) is 7.13. The normalized spacial score (nSPS) is 11.9. The summed E-state index contributed by atoms with van der Waals surface area (Å²) in [5.41, 5.74) is 3.57. The fourth-order valence-corrected chi connectivity index (χ4v) is 2.81. The summed E-state index contributed by atoms with van der Waals surface area (Å²) < 4.78 is 5.16. The van der Waals surface area contributed by atoms with Gasteiger partial charge in [0.1, 0.15) is 5.75 Å². The third-order valence-corrected chi connectivity index (χ3v) is 4.45. The minimum atomic E-state index is 0.251. The third-order valence-electron chi connectivity index (χ3n) is 4.20. The van der Waals surface area contributed by atoms with Gasteiger partial charge in [0.15, 0.2) is 5.11 Å². The summed E-state index contributed by atoms with van der Waals surface area (Å²) in [5.74, 6) is 0.827. The Hall–Kier alpha value is -2.11. The highest BCUT2D eigenvalue weighted by Crippen LogP contribution is 2.19. The first kappa shape index (κ1) is 19.2. The van der Waals surface area contributed by atoms with Gasteiger partial charge in [-0.05, 0) is 68.1 Å². The largest absolute Gasteiger partial charge is 0.497 e. The maximum atomic E-state index is 5.42. The van der Waals surface area contributed by atoms with Crippen molar-refractivity contribution in [1.29, 1.82) is 0 Å². The van der Waals surface area contributed by atoms with Crippen LogP contribution in [0.2, 0.25) is 0 Å². The fraction of sp³-hybridized carbons (Fsp3) is 0.350. The van der Waals surface area contributed by atoms with Gasteiger partial charge in [-0.15, -0.1) is 0 Å². The molecule has 0 heterocycles. The molecule has 0 saturated heterocycles. The van der Waals surface area contributed by atoms with E-state index in [1.165, 1.54) is 11.1 Å². The zero-order valence-corrected chi connectivity index (χ0v) is 16.2. The lowest BCUT2D eigenvalue weighted by atomic mass is 10.0. The number of hydrogen-bond acceptors (Lipinski definition) is 3. The summed E-state index contributed by atoms with van der Waals surface area (Å²) in [4.78, 5) is 2.20. The lowest BCUT2D eigenvalue weighted by Gasteiger charge is -2.26. The molecule has 0 bridgehead atoms. The number of methoxy groups -OCH3 is 1. The van der Waals surface area contributed by atoms with E-state index in [0.29, 0.717) is 5.11 Å². The van der Waals surface area contributed by atoms with Crippen molar-refractivity contribution in [2.24, 2.45) is 0 Å². The van der Waals surface area contributed by atoms with E-state index in [0.717, 1.165) is 24.4 Å². The summed E-state index contributed by atoms with van der Waals surface area (Å²) in [6.45, 7) is 2.91. The zero-order chi connectivity index (χ0) is 18.2. The Balaban J connectivity index is 1.93. The first-order chi connectivity index (χ1) is 12.0. The predicted molar refractivity (Wildman–Crippen MR) is 109 cm³/mol. The number of rotatable bonds is 7. The number of ether oxygens (including phenoxy) is 1. The van der Waals surface area contributed by atoms with E-state index in [4.69, 9.17) is 17.0 Å². The maximum Gasteiger partial charge on any atom is 0.170 e. The molecule has 0 amide bonds. The molecule has 4 nitrogen and oxygen atoms in total. The lowest BCUT2D eigenvalue weighted by molar-refractivity contribution is 0.299. The Morgan fingerprint density at radius 3 is 2.24 bits per heavy atom. The van der Waals surface area contributed by atoms with E-state index < -0.39 is 0 Å². The second kappa shape index (κ2) is 9.39. The van der Waals surface area contributed by atoms with Crippen molar-refractivity contribution in [2.75, 3.05) is 33.1 Å². The van der Waals surface area contributed by atoms with Crippen LogP contribution in [0.4, 0.5) is 5.69 Å². The fourth-order valence-electron chi connectivity index (χ4n) is 2.61. The minimum absolute atomic E-state index is 0.251. The number of thiocarbonyl (C=S) groups is 1. The Kier molecular flexibility index (Phi) is 7.22. The smallest absolute Gasteiger partial charge is 0.170 e. The van der Waals surface area contributed by atoms with E-state index >= 15 is 0 Å². The molecule has 0 unspecified atom stereocenters. The molecule has 25 heavy (non-hydrogen) atoms. The van der Waals surface area contributed by atoms with Gasteiger partial charge < -0.3 is 20.3 Å². The molecule has 0 fully saturated rings. The summed E-state index contributed by atoms with van der Waals surface area (Å²) in [7, 11) is 5.82. The highest BCUT2D eigenvalue weighted by atomic mass is 32.1. The average Bonchev–Trinajstić information content (AvgIpc) is 2.62. The van der Waals surface area contributed by atoms with Crippen LogP contribution in [0.1, 0.15) is 24.1 Å². The number of likely N-dealkylation sites (N-methyl/N-ethyl adjacent to an activating group) is 1. The van der Waals surface area contributed by atoms with E-state index in [1.54, 1.807) is 7.11 Å². The van der Waals surface area contributed by atoms with E-state index in [2.05, 4.69) is 60.8 Å². The Bertz CT molecular complexity index is 668. The molecule has 0 aromatic heterocycles. The van der Waals surface area contributed by atoms with Gasteiger partial charge in [0, 0.05) is 12.2 Å². The molecule has 1 atom stereocenters. The monoisotopic (exact) mass is 357 g/mol. The number of nitrogens with one attached hydrogen (secondary N) is 2. The second-order valence-corrected chi connectivity index (χ2v) is 6.55. The van der Waals surface area contributed by atoms with Crippen LogP contribution < -0.4 is 15.4 Å². The average molecular weight is 358 g/mol. The van der Waals surface area contributed by atoms with Crippen molar-refractivity contribution in [1.82, 2.24) is 10.2 Å². The molecule has 2 aromatic rings. The summed E-state index contributed by atoms with van der Waals surface area (Å²) >= 11 is 5.42. The van der Waals surface area contributed by atoms with Gasteiger partial charge in [0.25, 0.3) is 0 Å². The SMILES string of the molecule is CCc1ccc([C@H](CNC(=S)Nc2ccc(OC)cc2)N(C)C)cc1. The van der Waals surface area contributed by atoms with Crippen LogP contribution in [-0.4, -0.2) is 37.8 Å². The third kappa shape index (κ3) is 5.73. The second-order valence-electron chi connectivity index (χ2n) is 6.14. The van der Waals surface area contributed by atoms with Crippen molar-refractivity contribution < 1.29 is 4.74 Å². The van der Waals surface area contributed by atoms with Gasteiger partial charge in [-0.3, -0.25) is 0 Å². The molecule has 0 aliphatic rings. The van der Waals surface area contributed by atoms with Gasteiger partial charge in [-0.2, -0.15) is 0 Å². The van der Waals surface area contributed by atoms with Crippen LogP contribution in [0, 0.1) is 0 Å². The van der Waals surface area contributed by atoms with Crippen LogP contribution in [0.5, 0.6) is 5.75 Å². The highest BCUT2D eigenvalue weighted by molar-refractivity contribution is 7.80. The molecule has 0 aliphatic heterocycles. The van der Waals surface area contributed by atoms with Gasteiger partial charge in [0.2, 0.25) is 0 Å². The minimum Gasteiger partial charge on any atom is -0.497 e. The van der Waals surface area contributed by atoms with E-state index in [1.807, 2.05) is 24.3 Å². The molecule has 0 saturated carbocycles. The van der Waals surface area contributed by atoms with Crippen molar-refractivity contribution in [3.63, 3.8) is 0 Å². The van der Waals surface area contributed by atoms with Gasteiger partial charge in [-0.1, -0.05) is 31.2 Å². The Morgan fingerprint density at radius 2 is 1.72 bits per heavy atom. The van der Waals surface area contributed by atoms with Crippen molar-refractivity contribution >= 4 is 23.0 Å². The Morgan fingerprint density at radius 1 is 1.08 bits per heavy atom. The van der Waals surface area contributed by atoms with Gasteiger partial charge >= 0.3 is 0 Å². The number of benzene rings is 2. The quantitative estimate of drug-likeness (QED) is 0.736. The molecule has 2 aromatic carbocycles. The number of anilines is 1. The lowest BCUT2D eigenvalue weighted by Crippen LogP contribution is -2.36. The first-order valence-corrected chi connectivity index (χ1v) is 8.88. The van der Waals surface area contributed by atoms with Crippen molar-refractivity contribution in [3.8, 4) is 5.75 Å². The topological polar surface area (TPSA) is 36.5 Å². The summed E-state index contributed by atoms with van der Waals surface area (Å²) in [6.07, 6.45) is 1.06. The first-order valence-electron chi connectivity index (χ1n) is 8.47. The van der Waals surface area contributed by atoms with Crippen LogP contribution in [0.3, 0.4) is 0 Å². The Labute approximate surface area is 156 Å². The van der Waals surface area contributed by atoms with Crippen LogP contribution in [-0.2, 0) is 6.42 Å². The van der Waals surface area contributed by atoms with Crippen LogP contribution >= 0.6 is 12.2 Å². The molecule has 134 valence electrons. The zero-order valence-electron chi connectivity index (χ0n) is 15.4. The van der Waals surface area contributed by atoms with Crippen LogP contribution in [0.25, 0.3) is 0 Å². The number of nitrogens with zero attached hydrogens (tertiary/aromatic N) is 1. The van der Waals surface area contributed by atoms with Crippen molar-refractivity contribution in [3.05, 3.63) is 59.7 Å². The number of hydrogen-bond donors (Lipinski definition) is 2. The molecule has 0 aliphatic carbocycles. The molecular formula is C20H27N3OS. The van der Waals surface area contributed by atoms with Crippen LogP contribution in [0.15, 0.2) is 48.5 Å². The van der Waals surface area contributed by atoms with Crippen molar-refractivity contribution in [2.45, 2.75) is 19.4 Å². The molecular weight excluding hydrogens is 330 g/mol. The maximum absolute atomic E-state index is 5.42. The predicted octanol–water partition coefficient (Wildman–Crippen LogP) is 3.85. The van der Waals surface area contributed by atoms with E-state index in [9.17, 15) is 0 Å².